The van der Waals surface area contributed by atoms with Gasteiger partial charge in [-0.2, -0.15) is 0 Å². The molecule has 0 amide bonds. The number of aliphatic hydroxyl groups excluding tert-OH is 1. The highest BCUT2D eigenvalue weighted by molar-refractivity contribution is 5.06. The van der Waals surface area contributed by atoms with Crippen molar-refractivity contribution in [2.24, 2.45) is 0 Å². The van der Waals surface area contributed by atoms with Crippen LogP contribution < -0.4 is 5.32 Å². The standard InChI is InChI=1S/C10H15N3O/c1-8-11-5-2-9(13-8)6-12-10(7-14)3-4-10/h2,5,12,14H,3-4,6-7H2,1H3. The highest BCUT2D eigenvalue weighted by atomic mass is 16.3. The minimum atomic E-state index is -0.0150. The Morgan fingerprint density at radius 2 is 2.36 bits per heavy atom. The smallest absolute Gasteiger partial charge is 0.125 e. The lowest BCUT2D eigenvalue weighted by Gasteiger charge is -2.13. The summed E-state index contributed by atoms with van der Waals surface area (Å²) >= 11 is 0. The summed E-state index contributed by atoms with van der Waals surface area (Å²) in [6.07, 6.45) is 3.89. The zero-order valence-corrected chi connectivity index (χ0v) is 8.32. The number of nitrogens with zero attached hydrogens (tertiary/aromatic N) is 2. The van der Waals surface area contributed by atoms with E-state index < -0.39 is 0 Å². The molecule has 14 heavy (non-hydrogen) atoms. The number of aromatic nitrogens is 2. The maximum Gasteiger partial charge on any atom is 0.125 e. The zero-order valence-electron chi connectivity index (χ0n) is 8.32. The zero-order chi connectivity index (χ0) is 10.0. The Labute approximate surface area is 83.4 Å². The van der Waals surface area contributed by atoms with E-state index in [9.17, 15) is 0 Å². The Bertz CT molecular complexity index is 323. The molecule has 1 saturated carbocycles. The lowest BCUT2D eigenvalue weighted by atomic mass is 10.3. The van der Waals surface area contributed by atoms with Crippen molar-refractivity contribution in [3.63, 3.8) is 0 Å². The minimum absolute atomic E-state index is 0.0150. The van der Waals surface area contributed by atoms with Gasteiger partial charge in [0, 0.05) is 18.3 Å². The fraction of sp³-hybridized carbons (Fsp3) is 0.600. The third-order valence-electron chi connectivity index (χ3n) is 2.63. The number of nitrogens with one attached hydrogen (secondary N) is 1. The Kier molecular flexibility index (Phi) is 2.48. The molecule has 0 atom stereocenters. The minimum Gasteiger partial charge on any atom is -0.394 e. The van der Waals surface area contributed by atoms with Gasteiger partial charge in [-0.1, -0.05) is 0 Å². The molecule has 1 aromatic rings. The van der Waals surface area contributed by atoms with Crippen molar-refractivity contribution in [1.29, 1.82) is 0 Å². The normalized spacial score (nSPS) is 18.1. The van der Waals surface area contributed by atoms with Gasteiger partial charge < -0.3 is 10.4 Å². The maximum absolute atomic E-state index is 9.09. The van der Waals surface area contributed by atoms with Gasteiger partial charge in [0.25, 0.3) is 0 Å². The second kappa shape index (κ2) is 3.63. The molecule has 0 bridgehead atoms. The van der Waals surface area contributed by atoms with Crippen LogP contribution in [0, 0.1) is 6.92 Å². The molecular weight excluding hydrogens is 178 g/mol. The molecule has 1 aliphatic rings. The van der Waals surface area contributed by atoms with Crippen LogP contribution in [0.25, 0.3) is 0 Å². The highest BCUT2D eigenvalue weighted by Gasteiger charge is 2.41. The van der Waals surface area contributed by atoms with Gasteiger partial charge in [-0.3, -0.25) is 0 Å². The van der Waals surface area contributed by atoms with Crippen molar-refractivity contribution in [2.75, 3.05) is 6.61 Å². The lowest BCUT2D eigenvalue weighted by molar-refractivity contribution is 0.229. The summed E-state index contributed by atoms with van der Waals surface area (Å²) in [5.74, 6) is 0.790. The molecule has 0 spiro atoms. The van der Waals surface area contributed by atoms with Crippen LogP contribution in [0.4, 0.5) is 0 Å². The van der Waals surface area contributed by atoms with Gasteiger partial charge in [-0.05, 0) is 25.8 Å². The monoisotopic (exact) mass is 193 g/mol. The van der Waals surface area contributed by atoms with Crippen molar-refractivity contribution in [2.45, 2.75) is 31.8 Å². The van der Waals surface area contributed by atoms with Gasteiger partial charge in [0.15, 0.2) is 0 Å². The van der Waals surface area contributed by atoms with Gasteiger partial charge in [0.1, 0.15) is 5.82 Å². The molecule has 2 N–H and O–H groups in total. The average molecular weight is 193 g/mol. The molecule has 0 aromatic carbocycles. The van der Waals surface area contributed by atoms with Crippen molar-refractivity contribution < 1.29 is 5.11 Å². The summed E-state index contributed by atoms with van der Waals surface area (Å²) in [5, 5.41) is 12.4. The summed E-state index contributed by atoms with van der Waals surface area (Å²) in [6, 6.07) is 1.90. The Hall–Kier alpha value is -1.00. The number of aryl methyl sites for hydroxylation is 1. The quantitative estimate of drug-likeness (QED) is 0.726. The van der Waals surface area contributed by atoms with E-state index in [1.165, 1.54) is 0 Å². The van der Waals surface area contributed by atoms with Gasteiger partial charge in [-0.25, -0.2) is 9.97 Å². The first-order valence-corrected chi connectivity index (χ1v) is 4.89. The van der Waals surface area contributed by atoms with Gasteiger partial charge in [0.05, 0.1) is 12.3 Å². The number of hydrogen-bond acceptors (Lipinski definition) is 4. The first kappa shape index (κ1) is 9.55. The topological polar surface area (TPSA) is 58.0 Å². The summed E-state index contributed by atoms with van der Waals surface area (Å²) in [4.78, 5) is 8.31. The molecule has 1 aromatic heterocycles. The second-order valence-corrected chi connectivity index (χ2v) is 3.89. The highest BCUT2D eigenvalue weighted by Crippen LogP contribution is 2.34. The molecule has 1 fully saturated rings. The first-order valence-electron chi connectivity index (χ1n) is 4.89. The fourth-order valence-electron chi connectivity index (χ4n) is 1.42. The molecular formula is C10H15N3O. The van der Waals surface area contributed by atoms with E-state index in [4.69, 9.17) is 5.11 Å². The molecule has 0 radical (unpaired) electrons. The summed E-state index contributed by atoms with van der Waals surface area (Å²) < 4.78 is 0. The predicted molar refractivity (Wildman–Crippen MR) is 52.7 cm³/mol. The third-order valence-corrected chi connectivity index (χ3v) is 2.63. The molecule has 4 heteroatoms. The van der Waals surface area contributed by atoms with Crippen molar-refractivity contribution >= 4 is 0 Å². The summed E-state index contributed by atoms with van der Waals surface area (Å²) in [5.41, 5.74) is 0.969. The summed E-state index contributed by atoms with van der Waals surface area (Å²) in [7, 11) is 0. The first-order chi connectivity index (χ1) is 6.74. The van der Waals surface area contributed by atoms with E-state index in [1.54, 1.807) is 6.20 Å². The number of hydrogen-bond donors (Lipinski definition) is 2. The van der Waals surface area contributed by atoms with E-state index in [-0.39, 0.29) is 12.1 Å². The van der Waals surface area contributed by atoms with E-state index in [1.807, 2.05) is 13.0 Å². The second-order valence-electron chi connectivity index (χ2n) is 3.89. The molecule has 0 saturated heterocycles. The van der Waals surface area contributed by atoms with Crippen LogP contribution in [0.15, 0.2) is 12.3 Å². The van der Waals surface area contributed by atoms with Crippen LogP contribution in [0.5, 0.6) is 0 Å². The van der Waals surface area contributed by atoms with Crippen LogP contribution in [-0.4, -0.2) is 27.2 Å². The lowest BCUT2D eigenvalue weighted by Crippen LogP contribution is -2.34. The summed E-state index contributed by atoms with van der Waals surface area (Å²) in [6.45, 7) is 2.81. The maximum atomic E-state index is 9.09. The number of aliphatic hydroxyl groups is 1. The van der Waals surface area contributed by atoms with Crippen molar-refractivity contribution in [1.82, 2.24) is 15.3 Å². The van der Waals surface area contributed by atoms with Crippen LogP contribution in [0.1, 0.15) is 24.4 Å². The Morgan fingerprint density at radius 1 is 1.57 bits per heavy atom. The Balaban J connectivity index is 1.92. The molecule has 1 aliphatic carbocycles. The molecule has 4 nitrogen and oxygen atoms in total. The van der Waals surface area contributed by atoms with E-state index in [0.29, 0.717) is 6.54 Å². The molecule has 0 aliphatic heterocycles. The van der Waals surface area contributed by atoms with E-state index in [0.717, 1.165) is 24.4 Å². The van der Waals surface area contributed by atoms with E-state index in [2.05, 4.69) is 15.3 Å². The van der Waals surface area contributed by atoms with Crippen LogP contribution in [0.3, 0.4) is 0 Å². The Morgan fingerprint density at radius 3 is 2.93 bits per heavy atom. The largest absolute Gasteiger partial charge is 0.394 e. The van der Waals surface area contributed by atoms with Crippen LogP contribution >= 0.6 is 0 Å². The van der Waals surface area contributed by atoms with Crippen molar-refractivity contribution in [3.05, 3.63) is 23.8 Å². The predicted octanol–water partition coefficient (Wildman–Crippen LogP) is 0.400. The molecule has 76 valence electrons. The van der Waals surface area contributed by atoms with Crippen LogP contribution in [-0.2, 0) is 6.54 Å². The molecule has 2 rings (SSSR count). The van der Waals surface area contributed by atoms with Gasteiger partial charge in [-0.15, -0.1) is 0 Å². The van der Waals surface area contributed by atoms with Crippen molar-refractivity contribution in [3.8, 4) is 0 Å². The molecule has 1 heterocycles. The fourth-order valence-corrected chi connectivity index (χ4v) is 1.42. The average Bonchev–Trinajstić information content (AvgIpc) is 2.96. The van der Waals surface area contributed by atoms with Crippen LogP contribution in [0.2, 0.25) is 0 Å². The number of rotatable bonds is 4. The molecule has 0 unspecified atom stereocenters. The third kappa shape index (κ3) is 2.08. The van der Waals surface area contributed by atoms with E-state index >= 15 is 0 Å². The van der Waals surface area contributed by atoms with Gasteiger partial charge in [0.2, 0.25) is 0 Å². The van der Waals surface area contributed by atoms with Gasteiger partial charge >= 0.3 is 0 Å². The SMILES string of the molecule is Cc1nccc(CNC2(CO)CC2)n1.